The summed E-state index contributed by atoms with van der Waals surface area (Å²) in [5.41, 5.74) is 2.92. The standard InChI is InChI=1S/C21H26N4O2.HI/c1-22-21(23-16-17-8-10-18(11-9-17)20(26)27-2)25-14-12-24(13-15-25)19-6-4-3-5-7-19;/h3-11H,12-16H2,1-2H3,(H,22,23);1H. The van der Waals surface area contributed by atoms with Crippen molar-refractivity contribution in [2.75, 3.05) is 45.2 Å². The maximum atomic E-state index is 11.5. The molecule has 150 valence electrons. The molecule has 1 aliphatic heterocycles. The van der Waals surface area contributed by atoms with E-state index in [0.717, 1.165) is 37.7 Å². The number of para-hydroxylation sites is 1. The van der Waals surface area contributed by atoms with Crippen LogP contribution in [0.4, 0.5) is 5.69 Å². The van der Waals surface area contributed by atoms with Gasteiger partial charge in [0.15, 0.2) is 5.96 Å². The van der Waals surface area contributed by atoms with Crippen LogP contribution >= 0.6 is 24.0 Å². The second kappa shape index (κ2) is 10.9. The molecule has 0 radical (unpaired) electrons. The fourth-order valence-electron chi connectivity index (χ4n) is 3.21. The number of nitrogens with zero attached hydrogens (tertiary/aromatic N) is 3. The number of guanidine groups is 1. The molecule has 1 N–H and O–H groups in total. The Bertz CT molecular complexity index is 773. The highest BCUT2D eigenvalue weighted by Gasteiger charge is 2.19. The third-order valence-corrected chi connectivity index (χ3v) is 4.74. The van der Waals surface area contributed by atoms with Gasteiger partial charge in [-0.3, -0.25) is 4.99 Å². The molecule has 7 heteroatoms. The summed E-state index contributed by atoms with van der Waals surface area (Å²) in [6.07, 6.45) is 0. The molecule has 1 fully saturated rings. The van der Waals surface area contributed by atoms with Gasteiger partial charge in [0.1, 0.15) is 0 Å². The summed E-state index contributed by atoms with van der Waals surface area (Å²) in [6.45, 7) is 4.45. The lowest BCUT2D eigenvalue weighted by molar-refractivity contribution is 0.0600. The molecule has 0 aliphatic carbocycles. The number of carbonyl (C=O) groups is 1. The normalized spacial score (nSPS) is 14.3. The number of carbonyl (C=O) groups excluding carboxylic acids is 1. The predicted octanol–water partition coefficient (Wildman–Crippen LogP) is 2.99. The van der Waals surface area contributed by atoms with Crippen LogP contribution in [0.1, 0.15) is 15.9 Å². The number of piperazine rings is 1. The van der Waals surface area contributed by atoms with E-state index >= 15 is 0 Å². The number of hydrogen-bond donors (Lipinski definition) is 1. The van der Waals surface area contributed by atoms with Gasteiger partial charge in [-0.2, -0.15) is 0 Å². The van der Waals surface area contributed by atoms with Gasteiger partial charge in [-0.05, 0) is 29.8 Å². The molecule has 2 aromatic carbocycles. The van der Waals surface area contributed by atoms with Crippen LogP contribution in [0.5, 0.6) is 0 Å². The minimum Gasteiger partial charge on any atom is -0.465 e. The number of nitrogens with one attached hydrogen (secondary N) is 1. The average molecular weight is 494 g/mol. The van der Waals surface area contributed by atoms with Crippen LogP contribution < -0.4 is 10.2 Å². The first kappa shape index (κ1) is 22.0. The number of esters is 1. The average Bonchev–Trinajstić information content (AvgIpc) is 2.75. The van der Waals surface area contributed by atoms with Crippen molar-refractivity contribution in [1.29, 1.82) is 0 Å². The molecular formula is C21H27IN4O2. The lowest BCUT2D eigenvalue weighted by Gasteiger charge is -2.37. The molecule has 3 rings (SSSR count). The molecule has 0 spiro atoms. The van der Waals surface area contributed by atoms with Crippen LogP contribution in [0.3, 0.4) is 0 Å². The van der Waals surface area contributed by atoms with Crippen LogP contribution in [0, 0.1) is 0 Å². The Morgan fingerprint density at radius 2 is 1.68 bits per heavy atom. The SMILES string of the molecule is CN=C(NCc1ccc(C(=O)OC)cc1)N1CCN(c2ccccc2)CC1.I. The molecule has 0 saturated carbocycles. The van der Waals surface area contributed by atoms with Crippen molar-refractivity contribution in [2.45, 2.75) is 6.54 Å². The van der Waals surface area contributed by atoms with Crippen molar-refractivity contribution in [2.24, 2.45) is 4.99 Å². The number of rotatable bonds is 4. The van der Waals surface area contributed by atoms with Crippen molar-refractivity contribution in [1.82, 2.24) is 10.2 Å². The lowest BCUT2D eigenvalue weighted by Crippen LogP contribution is -2.52. The van der Waals surface area contributed by atoms with E-state index in [2.05, 4.69) is 44.4 Å². The molecule has 0 atom stereocenters. The lowest BCUT2D eigenvalue weighted by atomic mass is 10.1. The minimum atomic E-state index is -0.318. The maximum absolute atomic E-state index is 11.5. The Morgan fingerprint density at radius 3 is 2.25 bits per heavy atom. The first-order chi connectivity index (χ1) is 13.2. The van der Waals surface area contributed by atoms with Gasteiger partial charge in [0, 0.05) is 45.5 Å². The van der Waals surface area contributed by atoms with Gasteiger partial charge in [0.2, 0.25) is 0 Å². The summed E-state index contributed by atoms with van der Waals surface area (Å²) >= 11 is 0. The van der Waals surface area contributed by atoms with Gasteiger partial charge < -0.3 is 19.9 Å². The van der Waals surface area contributed by atoms with E-state index in [-0.39, 0.29) is 29.9 Å². The van der Waals surface area contributed by atoms with Gasteiger partial charge in [0.25, 0.3) is 0 Å². The highest BCUT2D eigenvalue weighted by Crippen LogP contribution is 2.15. The minimum absolute atomic E-state index is 0. The summed E-state index contributed by atoms with van der Waals surface area (Å²) < 4.78 is 4.73. The van der Waals surface area contributed by atoms with E-state index in [1.165, 1.54) is 12.8 Å². The van der Waals surface area contributed by atoms with Crippen LogP contribution in [0.15, 0.2) is 59.6 Å². The quantitative estimate of drug-likeness (QED) is 0.307. The van der Waals surface area contributed by atoms with Crippen LogP contribution in [-0.2, 0) is 11.3 Å². The maximum Gasteiger partial charge on any atom is 0.337 e. The Labute approximate surface area is 183 Å². The van der Waals surface area contributed by atoms with E-state index in [1.54, 1.807) is 12.1 Å². The Hall–Kier alpha value is -2.29. The first-order valence-electron chi connectivity index (χ1n) is 9.14. The predicted molar refractivity (Wildman–Crippen MR) is 124 cm³/mol. The van der Waals surface area contributed by atoms with Crippen molar-refractivity contribution in [3.05, 3.63) is 65.7 Å². The number of halogens is 1. The fourth-order valence-corrected chi connectivity index (χ4v) is 3.21. The van der Waals surface area contributed by atoms with Gasteiger partial charge in [-0.1, -0.05) is 30.3 Å². The number of hydrogen-bond acceptors (Lipinski definition) is 4. The van der Waals surface area contributed by atoms with Gasteiger partial charge in [-0.15, -0.1) is 24.0 Å². The molecule has 0 unspecified atom stereocenters. The molecule has 1 saturated heterocycles. The Balaban J connectivity index is 0.00000280. The monoisotopic (exact) mass is 494 g/mol. The molecule has 6 nitrogen and oxygen atoms in total. The number of ether oxygens (including phenoxy) is 1. The number of methoxy groups -OCH3 is 1. The second-order valence-corrected chi connectivity index (χ2v) is 6.40. The van der Waals surface area contributed by atoms with Gasteiger partial charge in [-0.25, -0.2) is 4.79 Å². The Morgan fingerprint density at radius 1 is 1.04 bits per heavy atom. The number of aliphatic imine (C=N–C) groups is 1. The van der Waals surface area contributed by atoms with Crippen molar-refractivity contribution < 1.29 is 9.53 Å². The van der Waals surface area contributed by atoms with E-state index < -0.39 is 0 Å². The Kier molecular flexibility index (Phi) is 8.56. The third-order valence-electron chi connectivity index (χ3n) is 4.74. The smallest absolute Gasteiger partial charge is 0.337 e. The highest BCUT2D eigenvalue weighted by molar-refractivity contribution is 14.0. The zero-order valence-corrected chi connectivity index (χ0v) is 18.6. The highest BCUT2D eigenvalue weighted by atomic mass is 127. The zero-order chi connectivity index (χ0) is 19.1. The van der Waals surface area contributed by atoms with E-state index in [1.807, 2.05) is 25.2 Å². The third kappa shape index (κ3) is 5.60. The van der Waals surface area contributed by atoms with Gasteiger partial charge >= 0.3 is 5.97 Å². The fraction of sp³-hybridized carbons (Fsp3) is 0.333. The van der Waals surface area contributed by atoms with E-state index in [4.69, 9.17) is 4.74 Å². The van der Waals surface area contributed by atoms with Crippen molar-refractivity contribution >= 4 is 41.6 Å². The largest absolute Gasteiger partial charge is 0.465 e. The summed E-state index contributed by atoms with van der Waals surface area (Å²) in [4.78, 5) is 20.6. The summed E-state index contributed by atoms with van der Waals surface area (Å²) in [6, 6.07) is 17.9. The topological polar surface area (TPSA) is 57.2 Å². The van der Waals surface area contributed by atoms with E-state index in [9.17, 15) is 4.79 Å². The molecular weight excluding hydrogens is 467 g/mol. The first-order valence-corrected chi connectivity index (χ1v) is 9.14. The van der Waals surface area contributed by atoms with Crippen molar-refractivity contribution in [3.63, 3.8) is 0 Å². The summed E-state index contributed by atoms with van der Waals surface area (Å²) in [7, 11) is 3.20. The summed E-state index contributed by atoms with van der Waals surface area (Å²) in [5, 5.41) is 3.41. The van der Waals surface area contributed by atoms with Crippen LogP contribution in [0.25, 0.3) is 0 Å². The van der Waals surface area contributed by atoms with Crippen molar-refractivity contribution in [3.8, 4) is 0 Å². The number of anilines is 1. The summed E-state index contributed by atoms with van der Waals surface area (Å²) in [5.74, 6) is 0.585. The molecule has 0 amide bonds. The molecule has 1 aliphatic rings. The number of benzene rings is 2. The second-order valence-electron chi connectivity index (χ2n) is 6.40. The molecule has 0 aromatic heterocycles. The molecule has 0 bridgehead atoms. The zero-order valence-electron chi connectivity index (χ0n) is 16.3. The van der Waals surface area contributed by atoms with Gasteiger partial charge in [0.05, 0.1) is 12.7 Å². The molecule has 1 heterocycles. The molecule has 28 heavy (non-hydrogen) atoms. The van der Waals surface area contributed by atoms with E-state index in [0.29, 0.717) is 12.1 Å². The van der Waals surface area contributed by atoms with Crippen LogP contribution in [0.2, 0.25) is 0 Å². The van der Waals surface area contributed by atoms with Crippen LogP contribution in [-0.4, -0.2) is 57.2 Å². The molecule has 2 aromatic rings.